The first kappa shape index (κ1) is 41.7. The third-order valence-electron chi connectivity index (χ3n) is 17.1. The topological polar surface area (TPSA) is 114 Å². The summed E-state index contributed by atoms with van der Waals surface area (Å²) in [6.45, 7) is 12.7. The number of rotatable bonds is 11. The molecular formula is C54H58O9. The van der Waals surface area contributed by atoms with Gasteiger partial charge in [0.1, 0.15) is 18.1 Å². The zero-order valence-corrected chi connectivity index (χ0v) is 37.1. The lowest BCUT2D eigenvalue weighted by Gasteiger charge is -2.63. The van der Waals surface area contributed by atoms with Gasteiger partial charge in [-0.1, -0.05) is 65.0 Å². The van der Waals surface area contributed by atoms with Crippen molar-refractivity contribution in [3.8, 4) is 17.2 Å². The van der Waals surface area contributed by atoms with Gasteiger partial charge in [0, 0.05) is 5.41 Å². The monoisotopic (exact) mass is 850 g/mol. The molecule has 9 heteroatoms. The molecule has 63 heavy (non-hydrogen) atoms. The summed E-state index contributed by atoms with van der Waals surface area (Å²) in [7, 11) is 0. The Labute approximate surface area is 370 Å². The molecule has 0 aromatic heterocycles. The molecule has 9 nitrogen and oxygen atoms in total. The molecule has 4 aromatic rings. The number of cyclic esters (lactones) is 4. The highest BCUT2D eigenvalue weighted by Crippen LogP contribution is 2.70. The van der Waals surface area contributed by atoms with Crippen LogP contribution < -0.4 is 9.62 Å². The van der Waals surface area contributed by atoms with E-state index in [2.05, 4.69) is 65.0 Å². The van der Waals surface area contributed by atoms with Gasteiger partial charge in [-0.15, -0.1) is 0 Å². The molecule has 2 heterocycles. The Hall–Kier alpha value is -5.28. The van der Waals surface area contributed by atoms with Gasteiger partial charge in [0.25, 0.3) is 0 Å². The van der Waals surface area contributed by atoms with E-state index in [1.165, 1.54) is 56.1 Å². The third-order valence-corrected chi connectivity index (χ3v) is 17.1. The van der Waals surface area contributed by atoms with Gasteiger partial charge >= 0.3 is 23.9 Å². The van der Waals surface area contributed by atoms with Crippen LogP contribution in [0.3, 0.4) is 0 Å². The van der Waals surface area contributed by atoms with Gasteiger partial charge in [-0.25, -0.2) is 19.2 Å². The van der Waals surface area contributed by atoms with E-state index in [-0.39, 0.29) is 39.7 Å². The molecule has 328 valence electrons. The van der Waals surface area contributed by atoms with Crippen LogP contribution in [-0.2, 0) is 26.4 Å². The molecule has 2 aliphatic heterocycles. The van der Waals surface area contributed by atoms with Crippen LogP contribution in [0, 0.1) is 52.3 Å². The molecule has 4 aromatic carbocycles. The van der Waals surface area contributed by atoms with Crippen LogP contribution in [0.4, 0.5) is 0 Å². The largest absolute Gasteiger partial charge is 0.457 e. The maximum absolute atomic E-state index is 12.4. The molecular weight excluding hydrogens is 793 g/mol. The number of ether oxygens (including phenoxy) is 3. The lowest BCUT2D eigenvalue weighted by molar-refractivity contribution is -0.217. The molecule has 0 N–H and O–H groups in total. The molecule has 10 rings (SSSR count). The van der Waals surface area contributed by atoms with Crippen LogP contribution in [0.15, 0.2) is 84.9 Å². The number of esters is 4. The van der Waals surface area contributed by atoms with E-state index >= 15 is 0 Å². The van der Waals surface area contributed by atoms with Gasteiger partial charge in [-0.05, 0) is 188 Å². The average molecular weight is 851 g/mol. The van der Waals surface area contributed by atoms with Crippen LogP contribution in [0.1, 0.15) is 157 Å². The summed E-state index contributed by atoms with van der Waals surface area (Å²) in [6.07, 6.45) is 12.5. The number of benzene rings is 4. The van der Waals surface area contributed by atoms with E-state index in [0.717, 1.165) is 54.8 Å². The minimum absolute atomic E-state index is 0.0784. The minimum Gasteiger partial charge on any atom is -0.457 e. The van der Waals surface area contributed by atoms with Crippen molar-refractivity contribution in [3.63, 3.8) is 0 Å². The highest BCUT2D eigenvalue weighted by Gasteiger charge is 2.62. The van der Waals surface area contributed by atoms with Crippen molar-refractivity contribution in [2.45, 2.75) is 111 Å². The summed E-state index contributed by atoms with van der Waals surface area (Å²) in [6, 6.07) is 26.4. The van der Waals surface area contributed by atoms with Crippen molar-refractivity contribution in [2.24, 2.45) is 52.3 Å². The Kier molecular flexibility index (Phi) is 10.4. The van der Waals surface area contributed by atoms with Crippen molar-refractivity contribution < 1.29 is 43.2 Å². The van der Waals surface area contributed by atoms with E-state index in [9.17, 15) is 19.2 Å². The van der Waals surface area contributed by atoms with E-state index in [4.69, 9.17) is 24.0 Å². The Morgan fingerprint density at radius 2 is 1.29 bits per heavy atom. The normalized spacial score (nSPS) is 31.0. The summed E-state index contributed by atoms with van der Waals surface area (Å²) in [5.41, 5.74) is 4.46. The summed E-state index contributed by atoms with van der Waals surface area (Å²) < 4.78 is 16.0. The minimum atomic E-state index is -0.658. The fraction of sp³-hybridized carbons (Fsp3) is 0.481. The summed E-state index contributed by atoms with van der Waals surface area (Å²) >= 11 is 0. The van der Waals surface area contributed by atoms with Crippen LogP contribution in [0.25, 0.3) is 0 Å². The van der Waals surface area contributed by atoms with Gasteiger partial charge in [0.2, 0.25) is 0 Å². The Morgan fingerprint density at radius 1 is 0.619 bits per heavy atom. The highest BCUT2D eigenvalue weighted by atomic mass is 17.2. The number of carbonyl (C=O) groups excluding carboxylic acids is 4. The molecule has 4 fully saturated rings. The predicted octanol–water partition coefficient (Wildman–Crippen LogP) is 12.2. The molecule has 4 saturated carbocycles. The Morgan fingerprint density at radius 3 is 2.03 bits per heavy atom. The molecule has 0 saturated heterocycles. The Balaban J connectivity index is 0.917. The Bertz CT molecular complexity index is 2490. The first-order valence-electron chi connectivity index (χ1n) is 23.2. The van der Waals surface area contributed by atoms with E-state index in [0.29, 0.717) is 34.1 Å². The molecule has 0 amide bonds. The van der Waals surface area contributed by atoms with Gasteiger partial charge in [0.05, 0.1) is 22.3 Å². The van der Waals surface area contributed by atoms with E-state index < -0.39 is 23.9 Å². The fourth-order valence-electron chi connectivity index (χ4n) is 14.2. The molecule has 9 atom stereocenters. The van der Waals surface area contributed by atoms with Crippen molar-refractivity contribution in [1.82, 2.24) is 0 Å². The quantitative estimate of drug-likeness (QED) is 0.0629. The van der Waals surface area contributed by atoms with Crippen LogP contribution >= 0.6 is 0 Å². The molecule has 0 radical (unpaired) electrons. The van der Waals surface area contributed by atoms with Crippen molar-refractivity contribution in [1.29, 1.82) is 0 Å². The zero-order chi connectivity index (χ0) is 43.8. The van der Waals surface area contributed by atoms with Gasteiger partial charge < -0.3 is 19.1 Å². The standard InChI is InChI=1S/C54H58O9/c1-31(2)25-32(3)45-19-20-46-42-17-12-36-29-54(24-23-52(36,4)47(42)21-22-53(45,46)5,35-7-6-8-38(27-35)60-39-15-18-41-44(28-39)51(58)62-49(41)56)34-10-13-37(14-11-34)63-59-30-33-9-16-40-43(26-33)50(57)61-48(40)55/h6-11,13-16,18,26-28,31-32,36,42,45-47H,12,17,19-25,29-30H2,1-5H3. The summed E-state index contributed by atoms with van der Waals surface area (Å²) in [5.74, 6) is 4.38. The molecule has 0 bridgehead atoms. The molecule has 4 aliphatic carbocycles. The average Bonchev–Trinajstić information content (AvgIpc) is 3.88. The summed E-state index contributed by atoms with van der Waals surface area (Å²) in [5, 5.41) is 0. The maximum Gasteiger partial charge on any atom is 0.347 e. The number of fused-ring (bicyclic) bond motifs is 7. The predicted molar refractivity (Wildman–Crippen MR) is 235 cm³/mol. The van der Waals surface area contributed by atoms with Crippen molar-refractivity contribution >= 4 is 23.9 Å². The van der Waals surface area contributed by atoms with Gasteiger partial charge in [-0.3, -0.25) is 0 Å². The molecule has 9 unspecified atom stereocenters. The highest BCUT2D eigenvalue weighted by molar-refractivity contribution is 6.15. The zero-order valence-electron chi connectivity index (χ0n) is 37.1. The van der Waals surface area contributed by atoms with Crippen LogP contribution in [0.2, 0.25) is 0 Å². The van der Waals surface area contributed by atoms with Gasteiger partial charge in [0.15, 0.2) is 5.75 Å². The van der Waals surface area contributed by atoms with Gasteiger partial charge in [-0.2, -0.15) is 4.89 Å². The van der Waals surface area contributed by atoms with Crippen molar-refractivity contribution in [2.75, 3.05) is 0 Å². The smallest absolute Gasteiger partial charge is 0.347 e. The van der Waals surface area contributed by atoms with Crippen LogP contribution in [0.5, 0.6) is 17.2 Å². The fourth-order valence-corrected chi connectivity index (χ4v) is 14.2. The first-order valence-corrected chi connectivity index (χ1v) is 23.2. The number of hydrogen-bond acceptors (Lipinski definition) is 9. The second-order valence-corrected chi connectivity index (χ2v) is 20.7. The van der Waals surface area contributed by atoms with E-state index in [1.54, 1.807) is 36.4 Å². The lowest BCUT2D eigenvalue weighted by Crippen LogP contribution is -2.55. The van der Waals surface area contributed by atoms with Crippen LogP contribution in [-0.4, -0.2) is 23.9 Å². The maximum atomic E-state index is 12.4. The SMILES string of the molecule is CC(C)CC(C)C1CCC2C3CCC4CC(c5ccc(OOCc6ccc7c(c6)C(=O)OC7=O)cc5)(c5cccc(Oc6ccc7c(c6)C(=O)OC7=O)c5)CCC4(C)C3CCC12C. The number of carbonyl (C=O) groups is 4. The molecule has 6 aliphatic rings. The van der Waals surface area contributed by atoms with E-state index in [1.807, 2.05) is 18.2 Å². The summed E-state index contributed by atoms with van der Waals surface area (Å²) in [4.78, 5) is 59.9. The third kappa shape index (κ3) is 7.09. The molecule has 0 spiro atoms. The second-order valence-electron chi connectivity index (χ2n) is 20.7. The lowest BCUT2D eigenvalue weighted by atomic mass is 9.42. The first-order chi connectivity index (χ1) is 30.3. The second kappa shape index (κ2) is 15.8. The van der Waals surface area contributed by atoms with Crippen molar-refractivity contribution in [3.05, 3.63) is 124 Å². The number of hydrogen-bond donors (Lipinski definition) is 0.